The summed E-state index contributed by atoms with van der Waals surface area (Å²) in [6.07, 6.45) is -1.32. The molecule has 108 valence electrons. The van der Waals surface area contributed by atoms with Gasteiger partial charge in [-0.2, -0.15) is 13.2 Å². The molecule has 2 amide bonds. The van der Waals surface area contributed by atoms with E-state index in [1.165, 1.54) is 11.0 Å². The first-order valence-electron chi connectivity index (χ1n) is 6.55. The molecule has 0 unspecified atom stereocenters. The summed E-state index contributed by atoms with van der Waals surface area (Å²) in [5.74, 6) is 0.876. The summed E-state index contributed by atoms with van der Waals surface area (Å²) in [5, 5.41) is 0. The normalized spacial score (nSPS) is 19.9. The Morgan fingerprint density at radius 3 is 2.55 bits per heavy atom. The van der Waals surface area contributed by atoms with Crippen molar-refractivity contribution in [1.82, 2.24) is 9.88 Å². The van der Waals surface area contributed by atoms with Gasteiger partial charge in [-0.05, 0) is 30.9 Å². The first kappa shape index (κ1) is 13.2. The van der Waals surface area contributed by atoms with Crippen LogP contribution in [0.1, 0.15) is 18.4 Å². The standard InChI is InChI=1S/C13H14F3N3O/c14-13(15,16)10-3-4-11(17-7-10)19-6-5-18(12(19)20)8-9-1-2-9/h3-4,7,9H,1-2,5-6,8H2. The van der Waals surface area contributed by atoms with Crippen LogP contribution in [0.3, 0.4) is 0 Å². The number of carbonyl (C=O) groups is 1. The molecule has 20 heavy (non-hydrogen) atoms. The number of hydrogen-bond donors (Lipinski definition) is 0. The molecular formula is C13H14F3N3O. The molecule has 2 heterocycles. The average molecular weight is 285 g/mol. The van der Waals surface area contributed by atoms with Crippen LogP contribution in [0.5, 0.6) is 0 Å². The van der Waals surface area contributed by atoms with Gasteiger partial charge >= 0.3 is 12.2 Å². The summed E-state index contributed by atoms with van der Waals surface area (Å²) in [6, 6.07) is 2.05. The molecule has 1 aromatic rings. The van der Waals surface area contributed by atoms with Crippen LogP contribution >= 0.6 is 0 Å². The highest BCUT2D eigenvalue weighted by Gasteiger charge is 2.35. The summed E-state index contributed by atoms with van der Waals surface area (Å²) in [6.45, 7) is 1.83. The molecule has 2 aliphatic rings. The van der Waals surface area contributed by atoms with Gasteiger partial charge in [0.1, 0.15) is 5.82 Å². The van der Waals surface area contributed by atoms with Crippen molar-refractivity contribution < 1.29 is 18.0 Å². The molecule has 1 aliphatic carbocycles. The van der Waals surface area contributed by atoms with Crippen molar-refractivity contribution in [2.75, 3.05) is 24.5 Å². The highest BCUT2D eigenvalue weighted by Crippen LogP contribution is 2.32. The summed E-state index contributed by atoms with van der Waals surface area (Å²) in [4.78, 5) is 19.1. The van der Waals surface area contributed by atoms with Crippen molar-refractivity contribution in [3.05, 3.63) is 23.9 Å². The van der Waals surface area contributed by atoms with E-state index in [2.05, 4.69) is 4.98 Å². The Balaban J connectivity index is 1.71. The summed E-state index contributed by atoms with van der Waals surface area (Å²) in [5.41, 5.74) is -0.803. The predicted octanol–water partition coefficient (Wildman–Crippen LogP) is 2.75. The minimum Gasteiger partial charge on any atom is -0.322 e. The maximum absolute atomic E-state index is 12.5. The van der Waals surface area contributed by atoms with Gasteiger partial charge in [0, 0.05) is 25.8 Å². The van der Waals surface area contributed by atoms with Gasteiger partial charge in [-0.25, -0.2) is 9.78 Å². The van der Waals surface area contributed by atoms with E-state index in [9.17, 15) is 18.0 Å². The SMILES string of the molecule is O=C1N(CC2CC2)CCN1c1ccc(C(F)(F)F)cn1. The second kappa shape index (κ2) is 4.64. The lowest BCUT2D eigenvalue weighted by Crippen LogP contribution is -2.33. The molecule has 0 aromatic carbocycles. The smallest absolute Gasteiger partial charge is 0.322 e. The molecule has 0 bridgehead atoms. The molecule has 4 nitrogen and oxygen atoms in total. The number of amides is 2. The third-order valence-corrected chi connectivity index (χ3v) is 3.62. The Morgan fingerprint density at radius 2 is 2.00 bits per heavy atom. The molecule has 7 heteroatoms. The van der Waals surface area contributed by atoms with Crippen LogP contribution in [0, 0.1) is 5.92 Å². The van der Waals surface area contributed by atoms with E-state index in [0.29, 0.717) is 19.0 Å². The lowest BCUT2D eigenvalue weighted by atomic mass is 10.3. The van der Waals surface area contributed by atoms with E-state index in [-0.39, 0.29) is 11.8 Å². The average Bonchev–Trinajstić information content (AvgIpc) is 3.14. The van der Waals surface area contributed by atoms with E-state index in [1.54, 1.807) is 4.90 Å². The Labute approximate surface area is 114 Å². The van der Waals surface area contributed by atoms with Gasteiger partial charge in [-0.3, -0.25) is 4.90 Å². The van der Waals surface area contributed by atoms with Crippen molar-refractivity contribution in [2.45, 2.75) is 19.0 Å². The van der Waals surface area contributed by atoms with Gasteiger partial charge in [0.2, 0.25) is 0 Å². The number of rotatable bonds is 3. The maximum atomic E-state index is 12.5. The molecule has 0 N–H and O–H groups in total. The van der Waals surface area contributed by atoms with E-state index >= 15 is 0 Å². The molecule has 0 spiro atoms. The first-order valence-corrected chi connectivity index (χ1v) is 6.55. The quantitative estimate of drug-likeness (QED) is 0.856. The largest absolute Gasteiger partial charge is 0.417 e. The summed E-state index contributed by atoms with van der Waals surface area (Å²) >= 11 is 0. The minimum atomic E-state index is -4.40. The van der Waals surface area contributed by atoms with E-state index in [1.807, 2.05) is 0 Å². The molecular weight excluding hydrogens is 271 g/mol. The number of halogens is 3. The van der Waals surface area contributed by atoms with Crippen LogP contribution in [-0.4, -0.2) is 35.5 Å². The molecule has 1 aromatic heterocycles. The second-order valence-electron chi connectivity index (χ2n) is 5.23. The zero-order chi connectivity index (χ0) is 14.3. The Hall–Kier alpha value is -1.79. The second-order valence-corrected chi connectivity index (χ2v) is 5.23. The van der Waals surface area contributed by atoms with Crippen LogP contribution in [0.15, 0.2) is 18.3 Å². The molecule has 1 aliphatic heterocycles. The fourth-order valence-corrected chi connectivity index (χ4v) is 2.29. The molecule has 0 radical (unpaired) electrons. The zero-order valence-corrected chi connectivity index (χ0v) is 10.7. The predicted molar refractivity (Wildman–Crippen MR) is 66.3 cm³/mol. The van der Waals surface area contributed by atoms with Crippen LogP contribution in [-0.2, 0) is 6.18 Å². The first-order chi connectivity index (χ1) is 9.45. The Bertz CT molecular complexity index is 511. The van der Waals surface area contributed by atoms with Crippen molar-refractivity contribution in [3.63, 3.8) is 0 Å². The number of pyridine rings is 1. The number of urea groups is 1. The van der Waals surface area contributed by atoms with Crippen LogP contribution in [0.4, 0.5) is 23.8 Å². The van der Waals surface area contributed by atoms with E-state index in [4.69, 9.17) is 0 Å². The number of anilines is 1. The Kier molecular flexibility index (Phi) is 3.07. The van der Waals surface area contributed by atoms with Crippen molar-refractivity contribution in [2.24, 2.45) is 5.92 Å². The number of hydrogen-bond acceptors (Lipinski definition) is 2. The Morgan fingerprint density at radius 1 is 1.25 bits per heavy atom. The molecule has 3 rings (SSSR count). The minimum absolute atomic E-state index is 0.163. The molecule has 0 atom stereocenters. The zero-order valence-electron chi connectivity index (χ0n) is 10.7. The summed E-state index contributed by atoms with van der Waals surface area (Å²) < 4.78 is 37.4. The van der Waals surface area contributed by atoms with Gasteiger partial charge < -0.3 is 4.90 Å². The summed E-state index contributed by atoms with van der Waals surface area (Å²) in [7, 11) is 0. The molecule has 1 saturated heterocycles. The van der Waals surface area contributed by atoms with Crippen LogP contribution in [0.25, 0.3) is 0 Å². The highest BCUT2D eigenvalue weighted by atomic mass is 19.4. The fourth-order valence-electron chi connectivity index (χ4n) is 2.29. The number of carbonyl (C=O) groups excluding carboxylic acids is 1. The lowest BCUT2D eigenvalue weighted by Gasteiger charge is -2.18. The fraction of sp³-hybridized carbons (Fsp3) is 0.538. The van der Waals surface area contributed by atoms with Crippen LogP contribution in [0.2, 0.25) is 0 Å². The van der Waals surface area contributed by atoms with Gasteiger partial charge in [0.25, 0.3) is 0 Å². The van der Waals surface area contributed by atoms with Gasteiger partial charge in [-0.1, -0.05) is 0 Å². The van der Waals surface area contributed by atoms with E-state index in [0.717, 1.165) is 31.6 Å². The maximum Gasteiger partial charge on any atom is 0.417 e. The molecule has 2 fully saturated rings. The van der Waals surface area contributed by atoms with Crippen molar-refractivity contribution in [1.29, 1.82) is 0 Å². The van der Waals surface area contributed by atoms with Gasteiger partial charge in [0.15, 0.2) is 0 Å². The lowest BCUT2D eigenvalue weighted by molar-refractivity contribution is -0.137. The van der Waals surface area contributed by atoms with Crippen molar-refractivity contribution in [3.8, 4) is 0 Å². The van der Waals surface area contributed by atoms with Crippen molar-refractivity contribution >= 4 is 11.8 Å². The third kappa shape index (κ3) is 2.57. The van der Waals surface area contributed by atoms with Gasteiger partial charge in [-0.15, -0.1) is 0 Å². The topological polar surface area (TPSA) is 36.4 Å². The number of aromatic nitrogens is 1. The molecule has 1 saturated carbocycles. The van der Waals surface area contributed by atoms with E-state index < -0.39 is 11.7 Å². The highest BCUT2D eigenvalue weighted by molar-refractivity contribution is 5.93. The van der Waals surface area contributed by atoms with Crippen LogP contribution < -0.4 is 4.90 Å². The van der Waals surface area contributed by atoms with Gasteiger partial charge in [0.05, 0.1) is 5.56 Å². The number of alkyl halides is 3. The number of nitrogens with zero attached hydrogens (tertiary/aromatic N) is 3. The monoisotopic (exact) mass is 285 g/mol. The third-order valence-electron chi connectivity index (χ3n) is 3.62.